The van der Waals surface area contributed by atoms with Gasteiger partial charge in [-0.3, -0.25) is 0 Å². The van der Waals surface area contributed by atoms with Gasteiger partial charge in [0, 0.05) is 6.04 Å². The highest BCUT2D eigenvalue weighted by atomic mass is 14.6. The zero-order chi connectivity index (χ0) is 16.7. The zero-order valence-electron chi connectivity index (χ0n) is 14.3. The molecule has 0 amide bonds. The molecule has 0 aromatic heterocycles. The first-order valence-corrected chi connectivity index (χ1v) is 8.67. The van der Waals surface area contributed by atoms with Crippen LogP contribution in [0.4, 0.5) is 0 Å². The Morgan fingerprint density at radius 1 is 0.750 bits per heavy atom. The summed E-state index contributed by atoms with van der Waals surface area (Å²) in [6.45, 7) is 4.41. The Balaban J connectivity index is 1.82. The molecule has 120 valence electrons. The highest BCUT2D eigenvalue weighted by molar-refractivity contribution is 5.80. The van der Waals surface area contributed by atoms with E-state index in [1.807, 2.05) is 0 Å². The molecule has 1 heteroatoms. The monoisotopic (exact) mass is 313 g/mol. The Morgan fingerprint density at radius 2 is 1.46 bits per heavy atom. The molecule has 0 saturated heterocycles. The van der Waals surface area contributed by atoms with Crippen molar-refractivity contribution in [2.45, 2.75) is 32.7 Å². The van der Waals surface area contributed by atoms with Gasteiger partial charge in [0.1, 0.15) is 0 Å². The van der Waals surface area contributed by atoms with Crippen molar-refractivity contribution < 1.29 is 0 Å². The summed E-state index contributed by atoms with van der Waals surface area (Å²) in [6, 6.07) is 22.4. The number of fused-ring (bicyclic) bond motifs is 1. The van der Waals surface area contributed by atoms with Crippen molar-refractivity contribution in [2.24, 2.45) is 5.73 Å². The average molecular weight is 313 g/mol. The molecule has 3 aromatic rings. The van der Waals surface area contributed by atoms with Crippen LogP contribution in [0.2, 0.25) is 0 Å². The van der Waals surface area contributed by atoms with Gasteiger partial charge in [0.25, 0.3) is 0 Å². The van der Waals surface area contributed by atoms with Crippen LogP contribution in [0.3, 0.4) is 0 Å². The van der Waals surface area contributed by atoms with Gasteiger partial charge in [-0.15, -0.1) is 0 Å². The second-order valence-electron chi connectivity index (χ2n) is 6.94. The Morgan fingerprint density at radius 3 is 2.29 bits per heavy atom. The minimum atomic E-state index is 0.287. The summed E-state index contributed by atoms with van der Waals surface area (Å²) in [5.74, 6) is 0. The lowest BCUT2D eigenvalue weighted by Crippen LogP contribution is -2.18. The summed E-state index contributed by atoms with van der Waals surface area (Å²) in [6.07, 6.45) is 2.01. The third-order valence-electron chi connectivity index (χ3n) is 5.25. The predicted octanol–water partition coefficient (Wildman–Crippen LogP) is 5.06. The van der Waals surface area contributed by atoms with Crippen LogP contribution >= 0.6 is 0 Å². The SMILES string of the molecule is Cc1ccccc1-c1cccc(-c2ccc3c(c2)C[C@H](N)C3)c1C. The number of hydrogen-bond acceptors (Lipinski definition) is 1. The summed E-state index contributed by atoms with van der Waals surface area (Å²) in [5, 5.41) is 0. The van der Waals surface area contributed by atoms with Crippen molar-refractivity contribution in [1.29, 1.82) is 0 Å². The summed E-state index contributed by atoms with van der Waals surface area (Å²) in [5.41, 5.74) is 16.9. The molecule has 2 N–H and O–H groups in total. The number of benzene rings is 3. The summed E-state index contributed by atoms with van der Waals surface area (Å²) < 4.78 is 0. The van der Waals surface area contributed by atoms with E-state index in [0.29, 0.717) is 0 Å². The van der Waals surface area contributed by atoms with Crippen molar-refractivity contribution in [1.82, 2.24) is 0 Å². The third-order valence-corrected chi connectivity index (χ3v) is 5.25. The minimum absolute atomic E-state index is 0.287. The minimum Gasteiger partial charge on any atom is -0.327 e. The number of rotatable bonds is 2. The lowest BCUT2D eigenvalue weighted by atomic mass is 9.90. The van der Waals surface area contributed by atoms with E-state index in [9.17, 15) is 0 Å². The van der Waals surface area contributed by atoms with Crippen molar-refractivity contribution in [3.8, 4) is 22.3 Å². The molecule has 0 spiro atoms. The molecule has 4 rings (SSSR count). The Hall–Kier alpha value is -2.38. The number of nitrogens with two attached hydrogens (primary N) is 1. The molecular formula is C23H23N. The highest BCUT2D eigenvalue weighted by Gasteiger charge is 2.19. The molecule has 1 atom stereocenters. The lowest BCUT2D eigenvalue weighted by Gasteiger charge is -2.14. The standard InChI is InChI=1S/C23H23N/c1-15-6-3-4-7-21(15)23-9-5-8-22(16(23)2)18-11-10-17-13-20(24)14-19(17)12-18/h3-12,20H,13-14,24H2,1-2H3/t20-/m1/s1. The van der Waals surface area contributed by atoms with Gasteiger partial charge < -0.3 is 5.73 Å². The van der Waals surface area contributed by atoms with E-state index in [1.165, 1.54) is 44.5 Å². The molecule has 1 aliphatic carbocycles. The van der Waals surface area contributed by atoms with Gasteiger partial charge in [-0.25, -0.2) is 0 Å². The molecule has 0 aliphatic heterocycles. The highest BCUT2D eigenvalue weighted by Crippen LogP contribution is 2.35. The molecule has 3 aromatic carbocycles. The maximum Gasteiger partial charge on any atom is 0.0120 e. The van der Waals surface area contributed by atoms with Gasteiger partial charge >= 0.3 is 0 Å². The Kier molecular flexibility index (Phi) is 3.74. The van der Waals surface area contributed by atoms with Gasteiger partial charge in [0.15, 0.2) is 0 Å². The van der Waals surface area contributed by atoms with Crippen molar-refractivity contribution >= 4 is 0 Å². The fourth-order valence-electron chi connectivity index (χ4n) is 3.93. The predicted molar refractivity (Wildman–Crippen MR) is 102 cm³/mol. The Labute approximate surface area is 144 Å². The first-order chi connectivity index (χ1) is 11.6. The van der Waals surface area contributed by atoms with Crippen molar-refractivity contribution in [3.63, 3.8) is 0 Å². The maximum atomic E-state index is 6.12. The molecule has 0 bridgehead atoms. The summed E-state index contributed by atoms with van der Waals surface area (Å²) >= 11 is 0. The van der Waals surface area contributed by atoms with Crippen LogP contribution in [0.15, 0.2) is 60.7 Å². The molecule has 0 saturated carbocycles. The van der Waals surface area contributed by atoms with Gasteiger partial charge in [-0.2, -0.15) is 0 Å². The van der Waals surface area contributed by atoms with Crippen LogP contribution in [0, 0.1) is 13.8 Å². The van der Waals surface area contributed by atoms with Crippen LogP contribution < -0.4 is 5.73 Å². The van der Waals surface area contributed by atoms with E-state index in [0.717, 1.165) is 12.8 Å². The smallest absolute Gasteiger partial charge is 0.0120 e. The second-order valence-corrected chi connectivity index (χ2v) is 6.94. The molecule has 0 heterocycles. The normalized spacial score (nSPS) is 16.2. The van der Waals surface area contributed by atoms with Gasteiger partial charge in [0.2, 0.25) is 0 Å². The average Bonchev–Trinajstić information content (AvgIpc) is 2.95. The summed E-state index contributed by atoms with van der Waals surface area (Å²) in [7, 11) is 0. The third kappa shape index (κ3) is 2.55. The first kappa shape index (κ1) is 15.2. The number of aryl methyl sites for hydroxylation is 1. The summed E-state index contributed by atoms with van der Waals surface area (Å²) in [4.78, 5) is 0. The van der Waals surface area contributed by atoms with Crippen molar-refractivity contribution in [3.05, 3.63) is 82.9 Å². The quantitative estimate of drug-likeness (QED) is 0.703. The number of hydrogen-bond donors (Lipinski definition) is 1. The van der Waals surface area contributed by atoms with E-state index in [-0.39, 0.29) is 6.04 Å². The van der Waals surface area contributed by atoms with E-state index in [2.05, 4.69) is 74.5 Å². The molecule has 1 nitrogen and oxygen atoms in total. The maximum absolute atomic E-state index is 6.12. The van der Waals surface area contributed by atoms with Crippen LogP contribution in [0.1, 0.15) is 22.3 Å². The fourth-order valence-corrected chi connectivity index (χ4v) is 3.93. The molecule has 24 heavy (non-hydrogen) atoms. The molecule has 1 aliphatic rings. The van der Waals surface area contributed by atoms with Crippen LogP contribution in [-0.4, -0.2) is 6.04 Å². The van der Waals surface area contributed by atoms with Gasteiger partial charge in [0.05, 0.1) is 0 Å². The topological polar surface area (TPSA) is 26.0 Å². The molecular weight excluding hydrogens is 290 g/mol. The van der Waals surface area contributed by atoms with Crippen molar-refractivity contribution in [2.75, 3.05) is 0 Å². The van der Waals surface area contributed by atoms with E-state index >= 15 is 0 Å². The first-order valence-electron chi connectivity index (χ1n) is 8.67. The van der Waals surface area contributed by atoms with E-state index in [1.54, 1.807) is 0 Å². The Bertz CT molecular complexity index is 908. The van der Waals surface area contributed by atoms with Crippen LogP contribution in [0.25, 0.3) is 22.3 Å². The van der Waals surface area contributed by atoms with Gasteiger partial charge in [-0.05, 0) is 71.2 Å². The van der Waals surface area contributed by atoms with E-state index in [4.69, 9.17) is 5.73 Å². The molecule has 0 radical (unpaired) electrons. The fraction of sp³-hybridized carbons (Fsp3) is 0.217. The molecule has 0 fully saturated rings. The molecule has 0 unspecified atom stereocenters. The lowest BCUT2D eigenvalue weighted by molar-refractivity contribution is 0.721. The second kappa shape index (κ2) is 5.92. The zero-order valence-corrected chi connectivity index (χ0v) is 14.3. The van der Waals surface area contributed by atoms with Gasteiger partial charge in [-0.1, -0.05) is 60.7 Å². The van der Waals surface area contributed by atoms with E-state index < -0.39 is 0 Å². The van der Waals surface area contributed by atoms with Crippen LogP contribution in [0.5, 0.6) is 0 Å². The van der Waals surface area contributed by atoms with Crippen LogP contribution in [-0.2, 0) is 12.8 Å². The largest absolute Gasteiger partial charge is 0.327 e.